The Kier molecular flexibility index (Phi) is 6.06. The second-order valence-corrected chi connectivity index (χ2v) is 6.94. The predicted molar refractivity (Wildman–Crippen MR) is 113 cm³/mol. The van der Waals surface area contributed by atoms with Crippen LogP contribution >= 0.6 is 12.4 Å². The van der Waals surface area contributed by atoms with E-state index in [1.807, 2.05) is 29.8 Å². The number of nitrogens with zero attached hydrogens (tertiary/aromatic N) is 1. The van der Waals surface area contributed by atoms with Crippen LogP contribution in [0.15, 0.2) is 23.0 Å². The lowest BCUT2D eigenvalue weighted by molar-refractivity contribution is 0.0691. The molecule has 3 heterocycles. The van der Waals surface area contributed by atoms with Gasteiger partial charge in [-0.05, 0) is 12.1 Å². The maximum absolute atomic E-state index is 12.3. The number of carbonyl (C=O) groups is 1. The average molecular weight is 436 g/mol. The van der Waals surface area contributed by atoms with Crippen LogP contribution in [0.3, 0.4) is 0 Å². The molecule has 2 aromatic heterocycles. The average Bonchev–Trinajstić information content (AvgIpc) is 2.86. The van der Waals surface area contributed by atoms with Gasteiger partial charge in [-0.1, -0.05) is 0 Å². The normalized spacial score (nSPS) is 12.5. The molecule has 1 aromatic carbocycles. The standard InChI is InChI=1S/C20H21N3O6.ClH/c1-23-11(9-21-3-4-24)6-10-7-13-15(8-14(10)23)29-5-2-12-17(13)22-19(26)16(18(12)25)20(27)28;/h6-8,21,24H,2-5,9H2,1H3,(H,27,28)(H2,22,25,26);1H. The zero-order valence-corrected chi connectivity index (χ0v) is 17.0. The number of aromatic nitrogens is 2. The van der Waals surface area contributed by atoms with E-state index in [0.717, 1.165) is 16.6 Å². The van der Waals surface area contributed by atoms with Gasteiger partial charge in [0.15, 0.2) is 5.56 Å². The van der Waals surface area contributed by atoms with E-state index in [1.54, 1.807) is 0 Å². The topological polar surface area (TPSA) is 137 Å². The van der Waals surface area contributed by atoms with Gasteiger partial charge in [-0.3, -0.25) is 4.79 Å². The molecule has 10 heteroatoms. The SMILES string of the molecule is Cl.Cn1c(CNCCO)cc2cc3c(cc21)OCCc1c-3[nH]c(=O)c(C(=O)O)c1O. The highest BCUT2D eigenvalue weighted by atomic mass is 35.5. The molecule has 0 aliphatic carbocycles. The van der Waals surface area contributed by atoms with Crippen molar-refractivity contribution in [3.05, 3.63) is 45.4 Å². The molecule has 0 bridgehead atoms. The van der Waals surface area contributed by atoms with Crippen LogP contribution in [-0.2, 0) is 20.0 Å². The highest BCUT2D eigenvalue weighted by molar-refractivity contribution is 5.94. The van der Waals surface area contributed by atoms with E-state index in [4.69, 9.17) is 9.84 Å². The summed E-state index contributed by atoms with van der Waals surface area (Å²) in [6.45, 7) is 1.35. The molecule has 5 N–H and O–H groups in total. The van der Waals surface area contributed by atoms with Crippen molar-refractivity contribution in [1.29, 1.82) is 0 Å². The van der Waals surface area contributed by atoms with Gasteiger partial charge in [-0.15, -0.1) is 12.4 Å². The molecule has 0 radical (unpaired) electrons. The molecule has 0 fully saturated rings. The summed E-state index contributed by atoms with van der Waals surface area (Å²) < 4.78 is 7.87. The van der Waals surface area contributed by atoms with E-state index >= 15 is 0 Å². The second-order valence-electron chi connectivity index (χ2n) is 6.94. The molecule has 9 nitrogen and oxygen atoms in total. The van der Waals surface area contributed by atoms with Crippen molar-refractivity contribution in [1.82, 2.24) is 14.9 Å². The molecule has 3 aromatic rings. The summed E-state index contributed by atoms with van der Waals surface area (Å²) in [6.07, 6.45) is 0.263. The summed E-state index contributed by atoms with van der Waals surface area (Å²) in [7, 11) is 1.93. The molecule has 0 saturated heterocycles. The van der Waals surface area contributed by atoms with Gasteiger partial charge in [0, 0.05) is 54.8 Å². The van der Waals surface area contributed by atoms with Gasteiger partial charge in [0.2, 0.25) is 0 Å². The molecule has 0 amide bonds. The number of aryl methyl sites for hydroxylation is 1. The van der Waals surface area contributed by atoms with Crippen molar-refractivity contribution in [2.24, 2.45) is 7.05 Å². The van der Waals surface area contributed by atoms with Gasteiger partial charge in [-0.25, -0.2) is 4.79 Å². The third-order valence-corrected chi connectivity index (χ3v) is 5.22. The number of nitrogens with one attached hydrogen (secondary N) is 2. The summed E-state index contributed by atoms with van der Waals surface area (Å²) in [6, 6.07) is 5.73. The third kappa shape index (κ3) is 3.51. The molecular formula is C20H22ClN3O6. The number of fused-ring (bicyclic) bond motifs is 4. The monoisotopic (exact) mass is 435 g/mol. The number of carboxylic acids is 1. The number of hydrogen-bond acceptors (Lipinski definition) is 6. The van der Waals surface area contributed by atoms with E-state index < -0.39 is 22.8 Å². The third-order valence-electron chi connectivity index (χ3n) is 5.22. The minimum Gasteiger partial charge on any atom is -0.506 e. The Balaban J connectivity index is 0.00000256. The molecule has 160 valence electrons. The molecule has 4 rings (SSSR count). The van der Waals surface area contributed by atoms with E-state index in [-0.39, 0.29) is 32.0 Å². The van der Waals surface area contributed by atoms with Crippen LogP contribution in [0.1, 0.15) is 21.6 Å². The molecule has 30 heavy (non-hydrogen) atoms. The van der Waals surface area contributed by atoms with E-state index in [2.05, 4.69) is 10.3 Å². The fourth-order valence-electron chi connectivity index (χ4n) is 3.77. The molecule has 1 aliphatic rings. The van der Waals surface area contributed by atoms with Crippen LogP contribution in [-0.4, -0.2) is 50.6 Å². The van der Waals surface area contributed by atoms with Crippen LogP contribution in [0, 0.1) is 0 Å². The minimum atomic E-state index is -1.48. The van der Waals surface area contributed by atoms with Crippen LogP contribution in [0.25, 0.3) is 22.2 Å². The summed E-state index contributed by atoms with van der Waals surface area (Å²) in [5.74, 6) is -1.45. The number of rotatable bonds is 5. The number of aromatic hydroxyl groups is 1. The van der Waals surface area contributed by atoms with Crippen LogP contribution < -0.4 is 15.6 Å². The quantitative estimate of drug-likeness (QED) is 0.382. The Labute approximate surface area is 177 Å². The molecule has 0 spiro atoms. The first kappa shape index (κ1) is 21.7. The lowest BCUT2D eigenvalue weighted by Gasteiger charge is -2.12. The number of aliphatic hydroxyl groups is 1. The number of aromatic carboxylic acids is 1. The van der Waals surface area contributed by atoms with Crippen LogP contribution in [0.2, 0.25) is 0 Å². The number of H-pyrrole nitrogens is 1. The Morgan fingerprint density at radius 1 is 1.33 bits per heavy atom. The van der Waals surface area contributed by atoms with Crippen molar-refractivity contribution in [2.45, 2.75) is 13.0 Å². The van der Waals surface area contributed by atoms with Crippen molar-refractivity contribution in [3.63, 3.8) is 0 Å². The second kappa shape index (κ2) is 8.39. The smallest absolute Gasteiger partial charge is 0.345 e. The highest BCUT2D eigenvalue weighted by Crippen LogP contribution is 2.40. The van der Waals surface area contributed by atoms with Gasteiger partial charge >= 0.3 is 5.97 Å². The van der Waals surface area contributed by atoms with Gasteiger partial charge in [0.1, 0.15) is 11.5 Å². The molecule has 1 aliphatic heterocycles. The van der Waals surface area contributed by atoms with Gasteiger partial charge in [0.05, 0.1) is 24.4 Å². The fourth-order valence-corrected chi connectivity index (χ4v) is 3.77. The molecule has 0 atom stereocenters. The summed E-state index contributed by atoms with van der Waals surface area (Å²) in [5, 5.41) is 32.7. The summed E-state index contributed by atoms with van der Waals surface area (Å²) >= 11 is 0. The zero-order chi connectivity index (χ0) is 20.7. The number of halogens is 1. The number of aromatic amines is 1. The van der Waals surface area contributed by atoms with Crippen molar-refractivity contribution < 1.29 is 24.9 Å². The Morgan fingerprint density at radius 3 is 2.80 bits per heavy atom. The first-order valence-corrected chi connectivity index (χ1v) is 9.21. The first-order chi connectivity index (χ1) is 13.9. The van der Waals surface area contributed by atoms with Crippen LogP contribution in [0.5, 0.6) is 11.5 Å². The maximum Gasteiger partial charge on any atom is 0.345 e. The van der Waals surface area contributed by atoms with Gasteiger partial charge in [0.25, 0.3) is 5.56 Å². The molecule has 0 unspecified atom stereocenters. The van der Waals surface area contributed by atoms with Crippen molar-refractivity contribution in [2.75, 3.05) is 19.8 Å². The molecular weight excluding hydrogens is 414 g/mol. The summed E-state index contributed by atoms with van der Waals surface area (Å²) in [5.41, 5.74) is 1.73. The maximum atomic E-state index is 12.3. The number of carboxylic acid groups (broad SMARTS) is 1. The molecule has 0 saturated carbocycles. The summed E-state index contributed by atoms with van der Waals surface area (Å²) in [4.78, 5) is 26.2. The van der Waals surface area contributed by atoms with E-state index in [0.29, 0.717) is 35.7 Å². The Bertz CT molecular complexity index is 1180. The first-order valence-electron chi connectivity index (χ1n) is 9.21. The number of pyridine rings is 1. The largest absolute Gasteiger partial charge is 0.506 e. The lowest BCUT2D eigenvalue weighted by Crippen LogP contribution is -2.20. The number of hydrogen-bond donors (Lipinski definition) is 5. The lowest BCUT2D eigenvalue weighted by atomic mass is 9.99. The Hall–Kier alpha value is -3.01. The fraction of sp³-hybridized carbons (Fsp3) is 0.300. The van der Waals surface area contributed by atoms with Crippen molar-refractivity contribution >= 4 is 29.3 Å². The van der Waals surface area contributed by atoms with Gasteiger partial charge in [-0.2, -0.15) is 0 Å². The van der Waals surface area contributed by atoms with Crippen molar-refractivity contribution in [3.8, 4) is 22.8 Å². The van der Waals surface area contributed by atoms with E-state index in [9.17, 15) is 19.8 Å². The predicted octanol–water partition coefficient (Wildman–Crippen LogP) is 1.38. The minimum absolute atomic E-state index is 0. The van der Waals surface area contributed by atoms with E-state index in [1.165, 1.54) is 0 Å². The van der Waals surface area contributed by atoms with Crippen LogP contribution in [0.4, 0.5) is 0 Å². The Morgan fingerprint density at radius 2 is 2.10 bits per heavy atom. The number of ether oxygens (including phenoxy) is 1. The number of aliphatic hydroxyl groups excluding tert-OH is 1. The number of benzene rings is 1. The van der Waals surface area contributed by atoms with Gasteiger partial charge < -0.3 is 34.9 Å². The highest BCUT2D eigenvalue weighted by Gasteiger charge is 2.26. The zero-order valence-electron chi connectivity index (χ0n) is 16.2.